The van der Waals surface area contributed by atoms with Gasteiger partial charge in [0.2, 0.25) is 0 Å². The summed E-state index contributed by atoms with van der Waals surface area (Å²) in [6.07, 6.45) is 3.67. The van der Waals surface area contributed by atoms with E-state index in [0.29, 0.717) is 17.5 Å². The molecular formula is C49H33N5. The van der Waals surface area contributed by atoms with Crippen molar-refractivity contribution in [3.63, 3.8) is 0 Å². The largest absolute Gasteiger partial charge is 0.252 e. The van der Waals surface area contributed by atoms with Gasteiger partial charge in [0.1, 0.15) is 0 Å². The number of rotatable bonds is 8. The van der Waals surface area contributed by atoms with Gasteiger partial charge in [-0.2, -0.15) is 0 Å². The van der Waals surface area contributed by atoms with Crippen molar-refractivity contribution in [3.05, 3.63) is 200 Å². The highest BCUT2D eigenvalue weighted by Crippen LogP contribution is 2.34. The fourth-order valence-corrected chi connectivity index (χ4v) is 6.58. The highest BCUT2D eigenvalue weighted by atomic mass is 15.0. The van der Waals surface area contributed by atoms with Crippen LogP contribution >= 0.6 is 0 Å². The summed E-state index contributed by atoms with van der Waals surface area (Å²) in [5.74, 6) is 1.77. The molecule has 0 saturated heterocycles. The lowest BCUT2D eigenvalue weighted by atomic mass is 9.98. The Morgan fingerprint density at radius 2 is 0.519 bits per heavy atom. The fraction of sp³-hybridized carbons (Fsp3) is 0. The van der Waals surface area contributed by atoms with Gasteiger partial charge in [0, 0.05) is 27.8 Å². The van der Waals surface area contributed by atoms with Crippen molar-refractivity contribution in [1.82, 2.24) is 24.9 Å². The van der Waals surface area contributed by atoms with Crippen LogP contribution in [-0.2, 0) is 0 Å². The summed E-state index contributed by atoms with van der Waals surface area (Å²) in [5.41, 5.74) is 12.9. The number of benzene rings is 7. The standard InChI is InChI=1S/C49H33N5/c1-5-13-34(14-6-1)37-21-25-40(26-22-37)47-52-48(41-27-23-38(24-28-41)35-15-7-2-8-16-35)54-49(53-47)44-30-42(36-17-9-3-10-18-36)29-43(31-44)46-33-50-45(32-51-46)39-19-11-4-12-20-39/h1-33H. The third kappa shape index (κ3) is 6.94. The summed E-state index contributed by atoms with van der Waals surface area (Å²) in [6, 6.07) is 64.4. The molecule has 0 bridgehead atoms. The monoisotopic (exact) mass is 691 g/mol. The Balaban J connectivity index is 1.17. The number of hydrogen-bond donors (Lipinski definition) is 0. The minimum absolute atomic E-state index is 0.571. The molecule has 7 aromatic carbocycles. The summed E-state index contributed by atoms with van der Waals surface area (Å²) in [7, 11) is 0. The lowest BCUT2D eigenvalue weighted by molar-refractivity contribution is 1.07. The van der Waals surface area contributed by atoms with Gasteiger partial charge in [0.05, 0.1) is 23.8 Å². The first-order valence-electron chi connectivity index (χ1n) is 17.9. The highest BCUT2D eigenvalue weighted by Gasteiger charge is 2.16. The van der Waals surface area contributed by atoms with E-state index in [2.05, 4.69) is 127 Å². The molecule has 5 heteroatoms. The average molecular weight is 692 g/mol. The van der Waals surface area contributed by atoms with Crippen LogP contribution < -0.4 is 0 Å². The maximum Gasteiger partial charge on any atom is 0.164 e. The van der Waals surface area contributed by atoms with Crippen LogP contribution in [0.25, 0.3) is 90.1 Å². The normalized spacial score (nSPS) is 11.0. The van der Waals surface area contributed by atoms with Crippen molar-refractivity contribution in [1.29, 1.82) is 0 Å². The highest BCUT2D eigenvalue weighted by molar-refractivity contribution is 5.80. The molecule has 0 amide bonds. The molecule has 0 spiro atoms. The topological polar surface area (TPSA) is 64.5 Å². The van der Waals surface area contributed by atoms with Gasteiger partial charge in [-0.15, -0.1) is 0 Å². The molecule has 0 atom stereocenters. The molecule has 0 unspecified atom stereocenters. The van der Waals surface area contributed by atoms with Gasteiger partial charge in [-0.05, 0) is 51.6 Å². The zero-order valence-electron chi connectivity index (χ0n) is 29.3. The zero-order valence-corrected chi connectivity index (χ0v) is 29.3. The van der Waals surface area contributed by atoms with E-state index in [1.54, 1.807) is 0 Å². The Labute approximate surface area is 314 Å². The molecule has 0 aliphatic heterocycles. The Bertz CT molecular complexity index is 2540. The molecule has 5 nitrogen and oxygen atoms in total. The van der Waals surface area contributed by atoms with Crippen molar-refractivity contribution in [2.45, 2.75) is 0 Å². The Hall–Kier alpha value is -7.37. The molecular weight excluding hydrogens is 659 g/mol. The van der Waals surface area contributed by atoms with Crippen molar-refractivity contribution < 1.29 is 0 Å². The minimum Gasteiger partial charge on any atom is -0.252 e. The fourth-order valence-electron chi connectivity index (χ4n) is 6.58. The number of nitrogens with zero attached hydrogens (tertiary/aromatic N) is 5. The van der Waals surface area contributed by atoms with Gasteiger partial charge in [0.15, 0.2) is 17.5 Å². The summed E-state index contributed by atoms with van der Waals surface area (Å²) in [6.45, 7) is 0. The van der Waals surface area contributed by atoms with Crippen molar-refractivity contribution >= 4 is 0 Å². The Morgan fingerprint density at radius 3 is 0.944 bits per heavy atom. The Kier molecular flexibility index (Phi) is 8.86. The second-order valence-corrected chi connectivity index (χ2v) is 13.0. The molecule has 0 aliphatic rings. The van der Waals surface area contributed by atoms with Crippen molar-refractivity contribution in [3.8, 4) is 90.1 Å². The molecule has 9 aromatic rings. The maximum absolute atomic E-state index is 5.13. The van der Waals surface area contributed by atoms with E-state index in [-0.39, 0.29) is 0 Å². The van der Waals surface area contributed by atoms with Crippen LogP contribution in [0.3, 0.4) is 0 Å². The minimum atomic E-state index is 0.571. The molecule has 2 aromatic heterocycles. The van der Waals surface area contributed by atoms with Gasteiger partial charge in [-0.25, -0.2) is 15.0 Å². The molecule has 0 fully saturated rings. The van der Waals surface area contributed by atoms with Crippen LogP contribution in [0.4, 0.5) is 0 Å². The molecule has 0 aliphatic carbocycles. The number of hydrogen-bond acceptors (Lipinski definition) is 5. The average Bonchev–Trinajstić information content (AvgIpc) is 3.27. The lowest BCUT2D eigenvalue weighted by Gasteiger charge is -2.13. The van der Waals surface area contributed by atoms with Crippen LogP contribution in [-0.4, -0.2) is 24.9 Å². The van der Waals surface area contributed by atoms with E-state index in [1.165, 1.54) is 0 Å². The second kappa shape index (κ2) is 14.7. The predicted octanol–water partition coefficient (Wildman–Crippen LogP) is 12.0. The van der Waals surface area contributed by atoms with Crippen LogP contribution in [0.1, 0.15) is 0 Å². The first-order valence-corrected chi connectivity index (χ1v) is 17.9. The van der Waals surface area contributed by atoms with E-state index in [1.807, 2.05) is 73.1 Å². The molecule has 0 N–H and O–H groups in total. The van der Waals surface area contributed by atoms with Gasteiger partial charge in [-0.1, -0.05) is 170 Å². The zero-order chi connectivity index (χ0) is 36.1. The number of aromatic nitrogens is 5. The molecule has 9 rings (SSSR count). The lowest BCUT2D eigenvalue weighted by Crippen LogP contribution is -2.01. The predicted molar refractivity (Wildman–Crippen MR) is 219 cm³/mol. The van der Waals surface area contributed by atoms with E-state index >= 15 is 0 Å². The van der Waals surface area contributed by atoms with Crippen LogP contribution in [0.5, 0.6) is 0 Å². The summed E-state index contributed by atoms with van der Waals surface area (Å²) in [5, 5.41) is 0. The third-order valence-corrected chi connectivity index (χ3v) is 9.45. The first kappa shape index (κ1) is 32.5. The van der Waals surface area contributed by atoms with Gasteiger partial charge in [-0.3, -0.25) is 9.97 Å². The van der Waals surface area contributed by atoms with Crippen LogP contribution in [0.2, 0.25) is 0 Å². The van der Waals surface area contributed by atoms with Gasteiger partial charge >= 0.3 is 0 Å². The van der Waals surface area contributed by atoms with Crippen LogP contribution in [0, 0.1) is 0 Å². The quantitative estimate of drug-likeness (QED) is 0.159. The molecule has 0 radical (unpaired) electrons. The summed E-state index contributed by atoms with van der Waals surface area (Å²) >= 11 is 0. The van der Waals surface area contributed by atoms with E-state index < -0.39 is 0 Å². The molecule has 54 heavy (non-hydrogen) atoms. The summed E-state index contributed by atoms with van der Waals surface area (Å²) in [4.78, 5) is 25.0. The van der Waals surface area contributed by atoms with Crippen LogP contribution in [0.15, 0.2) is 200 Å². The smallest absolute Gasteiger partial charge is 0.164 e. The van der Waals surface area contributed by atoms with Crippen molar-refractivity contribution in [2.75, 3.05) is 0 Å². The second-order valence-electron chi connectivity index (χ2n) is 13.0. The van der Waals surface area contributed by atoms with Gasteiger partial charge < -0.3 is 0 Å². The Morgan fingerprint density at radius 1 is 0.222 bits per heavy atom. The van der Waals surface area contributed by atoms with E-state index in [0.717, 1.165) is 72.6 Å². The SMILES string of the molecule is c1ccc(-c2ccc(-c3nc(-c4ccc(-c5ccccc5)cc4)nc(-c4cc(-c5ccccc5)cc(-c5cnc(-c6ccccc6)cn5)c4)n3)cc2)cc1. The summed E-state index contributed by atoms with van der Waals surface area (Å²) < 4.78 is 0. The first-order chi connectivity index (χ1) is 26.7. The van der Waals surface area contributed by atoms with Gasteiger partial charge in [0.25, 0.3) is 0 Å². The molecule has 254 valence electrons. The van der Waals surface area contributed by atoms with E-state index in [4.69, 9.17) is 24.9 Å². The third-order valence-electron chi connectivity index (χ3n) is 9.45. The van der Waals surface area contributed by atoms with E-state index in [9.17, 15) is 0 Å². The molecule has 0 saturated carbocycles. The maximum atomic E-state index is 5.13. The molecule has 2 heterocycles. The van der Waals surface area contributed by atoms with Crippen molar-refractivity contribution in [2.24, 2.45) is 0 Å².